The molecule has 0 saturated carbocycles. The molecule has 2 fully saturated rings. The Morgan fingerprint density at radius 2 is 1.32 bits per heavy atom. The topological polar surface area (TPSA) is 144 Å². The third-order valence-corrected chi connectivity index (χ3v) is 31.5. The highest BCUT2D eigenvalue weighted by atomic mass is 35.5. The fourth-order valence-corrected chi connectivity index (χ4v) is 20.8. The third kappa shape index (κ3) is 16.0. The van der Waals surface area contributed by atoms with Crippen molar-refractivity contribution in [3.8, 4) is 11.1 Å². The molecule has 0 radical (unpaired) electrons. The van der Waals surface area contributed by atoms with Gasteiger partial charge < -0.3 is 23.8 Å². The highest BCUT2D eigenvalue weighted by Gasteiger charge is 2.51. The molecule has 90 heavy (non-hydrogen) atoms. The van der Waals surface area contributed by atoms with E-state index in [0.717, 1.165) is 62.6 Å². The molecule has 2 saturated heterocycles. The first-order chi connectivity index (χ1) is 42.6. The Bertz CT molecular complexity index is 3730. The Balaban J connectivity index is 0.909. The maximum absolute atomic E-state index is 14.7. The SMILES string of the molecule is CC(C)(C)[Si](C)(C)OC(c1ccccc1-c1ccc(Cl)cc1)C1CCN(c2ccc(C(=O)NS(=O)(=O)c3ccc(N[C@H](CCN4CCOC[C@@H]4CO[Si](c4ccccc4)(c4ccccc4)C(C)(C)C)CSc4ccccc4)c(S(=O)(=O)C(F)(F)F)c3)cc2)CC1. The summed E-state index contributed by atoms with van der Waals surface area (Å²) in [6, 6.07) is 54.3. The van der Waals surface area contributed by atoms with Crippen LogP contribution < -0.4 is 25.3 Å². The van der Waals surface area contributed by atoms with Gasteiger partial charge in [-0.15, -0.1) is 11.8 Å². The number of benzene rings is 7. The van der Waals surface area contributed by atoms with Crippen molar-refractivity contribution >= 4 is 87.5 Å². The Labute approximate surface area is 541 Å². The molecule has 480 valence electrons. The molecule has 2 heterocycles. The molecule has 0 aromatic heterocycles. The van der Waals surface area contributed by atoms with Gasteiger partial charge in [0, 0.05) is 59.1 Å². The maximum Gasteiger partial charge on any atom is 0.501 e. The molecule has 1 unspecified atom stereocenters. The van der Waals surface area contributed by atoms with Gasteiger partial charge in [-0.25, -0.2) is 21.6 Å². The van der Waals surface area contributed by atoms with E-state index in [9.17, 15) is 34.8 Å². The molecule has 0 spiro atoms. The fourth-order valence-electron chi connectivity index (χ4n) is 11.8. The van der Waals surface area contributed by atoms with E-state index in [2.05, 4.69) is 112 Å². The number of amides is 1. The maximum atomic E-state index is 14.7. The third-order valence-electron chi connectivity index (χ3n) is 17.8. The van der Waals surface area contributed by atoms with Crippen molar-refractivity contribution in [1.29, 1.82) is 0 Å². The Hall–Kier alpha value is -5.79. The summed E-state index contributed by atoms with van der Waals surface area (Å²) in [5.41, 5.74) is -2.20. The molecule has 3 atom stereocenters. The molecule has 7 aromatic carbocycles. The van der Waals surface area contributed by atoms with Crippen LogP contribution in [-0.4, -0.2) is 114 Å². The first kappa shape index (κ1) is 68.6. The minimum absolute atomic E-state index is 0.0314. The van der Waals surface area contributed by atoms with Gasteiger partial charge in [-0.3, -0.25) is 9.69 Å². The van der Waals surface area contributed by atoms with Gasteiger partial charge in [-0.1, -0.05) is 168 Å². The zero-order valence-corrected chi connectivity index (χ0v) is 57.5. The predicted molar refractivity (Wildman–Crippen MR) is 363 cm³/mol. The summed E-state index contributed by atoms with van der Waals surface area (Å²) in [7, 11) is -16.3. The summed E-state index contributed by atoms with van der Waals surface area (Å²) in [6.45, 7) is 21.3. The number of rotatable bonds is 23. The van der Waals surface area contributed by atoms with Crippen LogP contribution in [0.2, 0.25) is 28.2 Å². The number of ether oxygens (including phenoxy) is 1. The van der Waals surface area contributed by atoms with Crippen molar-refractivity contribution < 1.29 is 48.4 Å². The highest BCUT2D eigenvalue weighted by molar-refractivity contribution is 7.99. The average molecular weight is 1340 g/mol. The van der Waals surface area contributed by atoms with E-state index in [1.165, 1.54) is 23.9 Å². The zero-order valence-electron chi connectivity index (χ0n) is 52.3. The van der Waals surface area contributed by atoms with Crippen molar-refractivity contribution in [1.82, 2.24) is 9.62 Å². The monoisotopic (exact) mass is 1340 g/mol. The normalized spacial score (nSPS) is 16.8. The predicted octanol–water partition coefficient (Wildman–Crippen LogP) is 14.6. The van der Waals surface area contributed by atoms with Crippen LogP contribution in [0.1, 0.15) is 82.8 Å². The molecule has 7 aromatic rings. The van der Waals surface area contributed by atoms with Gasteiger partial charge in [0.15, 0.2) is 8.32 Å². The van der Waals surface area contributed by atoms with Gasteiger partial charge in [0.1, 0.15) is 4.90 Å². The van der Waals surface area contributed by atoms with Gasteiger partial charge in [0.2, 0.25) is 0 Å². The second-order valence-corrected chi connectivity index (χ2v) is 40.0. The number of carbonyl (C=O) groups excluding carboxylic acids is 1. The fraction of sp³-hybridized carbons (Fsp3) is 0.377. The highest BCUT2D eigenvalue weighted by Crippen LogP contribution is 2.47. The molecule has 2 N–H and O–H groups in total. The van der Waals surface area contributed by atoms with E-state index < -0.39 is 69.4 Å². The molecular weight excluding hydrogens is 1260 g/mol. The standard InChI is InChI=1S/C69H82ClF3N4O8S3Si2/c1-67(2,3)89(7,8)85-65(62-27-19-18-26-61(62)50-28-32-53(70)33-29-50)51-38-41-76(42-39-51)55-34-30-52(31-35-55)66(78)75-88(81,82)58-36-37-63(64(46-58)87(79,80)69(71,72)73)74-54(49-86-57-20-12-9-13-21-57)40-43-77-44-45-83-47-56(77)48-84-90(68(4,5)6,59-22-14-10-15-23-59)60-24-16-11-17-25-60/h9-37,46,51,54,56,65,74H,38-45,47-49H2,1-8H3,(H,75,78)/t54-,56-,65?/m1/s1. The molecular formula is C69H82ClF3N4O8S3Si2. The number of sulfonamides is 1. The van der Waals surface area contributed by atoms with Crippen LogP contribution in [0.3, 0.4) is 0 Å². The molecule has 21 heteroatoms. The number of hydrogen-bond donors (Lipinski definition) is 2. The number of thioether (sulfide) groups is 1. The molecule has 0 aliphatic carbocycles. The lowest BCUT2D eigenvalue weighted by Gasteiger charge is -2.45. The van der Waals surface area contributed by atoms with Gasteiger partial charge in [-0.05, 0) is 142 Å². The molecule has 2 aliphatic rings. The second-order valence-electron chi connectivity index (χ2n) is 25.8. The van der Waals surface area contributed by atoms with Crippen molar-refractivity contribution in [2.75, 3.05) is 62.0 Å². The number of piperidine rings is 1. The first-order valence-corrected chi connectivity index (χ1v) is 39.6. The van der Waals surface area contributed by atoms with Gasteiger partial charge in [-0.2, -0.15) is 13.2 Å². The summed E-state index contributed by atoms with van der Waals surface area (Å²) in [6.07, 6.45) is 1.76. The Morgan fingerprint density at radius 1 is 0.733 bits per heavy atom. The summed E-state index contributed by atoms with van der Waals surface area (Å²) in [5.74, 6) is -0.577. The van der Waals surface area contributed by atoms with E-state index in [1.54, 1.807) is 12.1 Å². The molecule has 0 bridgehead atoms. The van der Waals surface area contributed by atoms with E-state index in [1.807, 2.05) is 102 Å². The van der Waals surface area contributed by atoms with Crippen molar-refractivity contribution in [2.24, 2.45) is 5.92 Å². The summed E-state index contributed by atoms with van der Waals surface area (Å²) in [5, 5.41) is 5.69. The second kappa shape index (κ2) is 28.6. The van der Waals surface area contributed by atoms with Crippen LogP contribution >= 0.6 is 23.4 Å². The molecule has 12 nitrogen and oxygen atoms in total. The number of sulfone groups is 1. The smallest absolute Gasteiger partial charge is 0.410 e. The average Bonchev–Trinajstić information content (AvgIpc) is 0.769. The number of halogens is 4. The number of anilines is 2. The number of morpholine rings is 1. The number of hydrogen-bond acceptors (Lipinski definition) is 12. The number of alkyl halides is 3. The van der Waals surface area contributed by atoms with E-state index in [-0.39, 0.29) is 33.7 Å². The van der Waals surface area contributed by atoms with Crippen LogP contribution in [0.5, 0.6) is 0 Å². The van der Waals surface area contributed by atoms with Gasteiger partial charge in [0.05, 0.1) is 42.5 Å². The lowest BCUT2D eigenvalue weighted by Crippen LogP contribution is -2.67. The Kier molecular flexibility index (Phi) is 21.8. The zero-order chi connectivity index (χ0) is 64.7. The molecule has 1 amide bonds. The summed E-state index contributed by atoms with van der Waals surface area (Å²) >= 11 is 7.74. The van der Waals surface area contributed by atoms with E-state index in [4.69, 9.17) is 25.2 Å². The molecule has 9 rings (SSSR count). The van der Waals surface area contributed by atoms with Crippen LogP contribution in [0, 0.1) is 5.92 Å². The van der Waals surface area contributed by atoms with Gasteiger partial charge >= 0.3 is 5.51 Å². The van der Waals surface area contributed by atoms with Crippen molar-refractivity contribution in [3.63, 3.8) is 0 Å². The minimum Gasteiger partial charge on any atom is -0.410 e. The van der Waals surface area contributed by atoms with Crippen LogP contribution in [0.4, 0.5) is 24.5 Å². The quantitative estimate of drug-likeness (QED) is 0.0465. The van der Waals surface area contributed by atoms with Crippen LogP contribution in [0.15, 0.2) is 197 Å². The Morgan fingerprint density at radius 3 is 1.91 bits per heavy atom. The molecule has 2 aliphatic heterocycles. The minimum atomic E-state index is -6.17. The van der Waals surface area contributed by atoms with Crippen LogP contribution in [0.25, 0.3) is 11.1 Å². The first-order valence-electron chi connectivity index (χ1n) is 30.5. The number of carbonyl (C=O) groups is 1. The summed E-state index contributed by atoms with van der Waals surface area (Å²) in [4.78, 5) is 17.0. The van der Waals surface area contributed by atoms with Crippen molar-refractivity contribution in [3.05, 3.63) is 198 Å². The van der Waals surface area contributed by atoms with E-state index >= 15 is 0 Å². The lowest BCUT2D eigenvalue weighted by molar-refractivity contribution is -0.0436. The lowest BCUT2D eigenvalue weighted by atomic mass is 9.84. The van der Waals surface area contributed by atoms with Gasteiger partial charge in [0.25, 0.3) is 34.1 Å². The largest absolute Gasteiger partial charge is 0.501 e. The number of nitrogens with one attached hydrogen (secondary N) is 2. The van der Waals surface area contributed by atoms with Crippen LogP contribution in [-0.2, 0) is 33.4 Å². The number of nitrogens with zero attached hydrogens (tertiary/aromatic N) is 2. The van der Waals surface area contributed by atoms with Crippen molar-refractivity contribution in [2.45, 2.75) is 122 Å². The summed E-state index contributed by atoms with van der Waals surface area (Å²) < 4.78 is 122. The van der Waals surface area contributed by atoms with E-state index in [0.29, 0.717) is 69.3 Å².